The van der Waals surface area contributed by atoms with Gasteiger partial charge in [-0.15, -0.1) is 0 Å². The minimum absolute atomic E-state index is 0.0215. The molecule has 0 bridgehead atoms. The molecule has 100 valence electrons. The van der Waals surface area contributed by atoms with Gasteiger partial charge in [0.05, 0.1) is 6.54 Å². The van der Waals surface area contributed by atoms with Crippen molar-refractivity contribution in [3.63, 3.8) is 0 Å². The summed E-state index contributed by atoms with van der Waals surface area (Å²) < 4.78 is 4.62. The first kappa shape index (κ1) is 13.3. The Kier molecular flexibility index (Phi) is 4.32. The molecule has 2 aromatic rings. The third-order valence-corrected chi connectivity index (χ3v) is 2.81. The number of amidine groups is 1. The van der Waals surface area contributed by atoms with Crippen molar-refractivity contribution in [1.29, 1.82) is 0 Å². The first-order valence-electron chi connectivity index (χ1n) is 5.43. The SMILES string of the molecule is N/C(=N/O)c1ccc(CNCc2ncon2)c(Cl)c1. The third kappa shape index (κ3) is 3.43. The molecule has 0 atom stereocenters. The maximum atomic E-state index is 8.58. The van der Waals surface area contributed by atoms with Crippen LogP contribution in [0, 0.1) is 0 Å². The van der Waals surface area contributed by atoms with Crippen LogP contribution in [-0.4, -0.2) is 21.2 Å². The van der Waals surface area contributed by atoms with Crippen molar-refractivity contribution in [2.75, 3.05) is 0 Å². The highest BCUT2D eigenvalue weighted by Gasteiger charge is 2.05. The number of rotatable bonds is 5. The average Bonchev–Trinajstić information content (AvgIpc) is 2.93. The molecular weight excluding hydrogens is 270 g/mol. The van der Waals surface area contributed by atoms with Gasteiger partial charge in [0, 0.05) is 17.1 Å². The summed E-state index contributed by atoms with van der Waals surface area (Å²) in [6.45, 7) is 1.03. The monoisotopic (exact) mass is 281 g/mol. The molecule has 0 amide bonds. The molecule has 1 heterocycles. The van der Waals surface area contributed by atoms with Crippen LogP contribution in [0.3, 0.4) is 0 Å². The van der Waals surface area contributed by atoms with Crippen LogP contribution >= 0.6 is 11.6 Å². The Morgan fingerprint density at radius 2 is 2.32 bits per heavy atom. The summed E-state index contributed by atoms with van der Waals surface area (Å²) in [4.78, 5) is 3.88. The van der Waals surface area contributed by atoms with Gasteiger partial charge in [-0.1, -0.05) is 34.0 Å². The van der Waals surface area contributed by atoms with E-state index in [2.05, 4.69) is 25.1 Å². The van der Waals surface area contributed by atoms with E-state index in [-0.39, 0.29) is 5.84 Å². The fraction of sp³-hybridized carbons (Fsp3) is 0.182. The molecule has 0 radical (unpaired) electrons. The number of halogens is 1. The minimum Gasteiger partial charge on any atom is -0.409 e. The Labute approximate surface area is 114 Å². The number of nitrogens with zero attached hydrogens (tertiary/aromatic N) is 3. The van der Waals surface area contributed by atoms with E-state index in [0.29, 0.717) is 29.5 Å². The summed E-state index contributed by atoms with van der Waals surface area (Å²) in [5, 5.41) is 18.8. The number of nitrogens with two attached hydrogens (primary N) is 1. The van der Waals surface area contributed by atoms with Crippen LogP contribution in [-0.2, 0) is 13.1 Å². The van der Waals surface area contributed by atoms with E-state index in [0.717, 1.165) is 5.56 Å². The summed E-state index contributed by atoms with van der Waals surface area (Å²) in [5.41, 5.74) is 6.93. The van der Waals surface area contributed by atoms with Crippen LogP contribution in [0.5, 0.6) is 0 Å². The smallest absolute Gasteiger partial charge is 0.213 e. The second-order valence-electron chi connectivity index (χ2n) is 3.74. The van der Waals surface area contributed by atoms with Crippen LogP contribution in [0.1, 0.15) is 17.0 Å². The molecule has 0 spiro atoms. The van der Waals surface area contributed by atoms with E-state index < -0.39 is 0 Å². The van der Waals surface area contributed by atoms with Gasteiger partial charge in [-0.05, 0) is 11.6 Å². The molecule has 0 saturated carbocycles. The molecular formula is C11H12ClN5O2. The van der Waals surface area contributed by atoms with E-state index >= 15 is 0 Å². The predicted molar refractivity (Wildman–Crippen MR) is 68.8 cm³/mol. The van der Waals surface area contributed by atoms with E-state index in [1.165, 1.54) is 6.39 Å². The molecule has 4 N–H and O–H groups in total. The van der Waals surface area contributed by atoms with Crippen molar-refractivity contribution in [2.45, 2.75) is 13.1 Å². The molecule has 0 aliphatic carbocycles. The fourth-order valence-corrected chi connectivity index (χ4v) is 1.73. The second kappa shape index (κ2) is 6.17. The molecule has 1 aromatic carbocycles. The van der Waals surface area contributed by atoms with Crippen LogP contribution in [0.25, 0.3) is 0 Å². The van der Waals surface area contributed by atoms with E-state index in [1.54, 1.807) is 18.2 Å². The highest BCUT2D eigenvalue weighted by Crippen LogP contribution is 2.17. The molecule has 19 heavy (non-hydrogen) atoms. The van der Waals surface area contributed by atoms with Crippen molar-refractivity contribution >= 4 is 17.4 Å². The predicted octanol–water partition coefficient (Wildman–Crippen LogP) is 1.11. The number of nitrogens with one attached hydrogen (secondary N) is 1. The molecule has 8 heteroatoms. The molecule has 1 aromatic heterocycles. The largest absolute Gasteiger partial charge is 0.409 e. The first-order chi connectivity index (χ1) is 9.20. The van der Waals surface area contributed by atoms with Crippen molar-refractivity contribution < 1.29 is 9.73 Å². The van der Waals surface area contributed by atoms with Crippen molar-refractivity contribution in [2.24, 2.45) is 10.9 Å². The van der Waals surface area contributed by atoms with Crippen molar-refractivity contribution in [1.82, 2.24) is 15.5 Å². The maximum absolute atomic E-state index is 8.58. The highest BCUT2D eigenvalue weighted by molar-refractivity contribution is 6.31. The lowest BCUT2D eigenvalue weighted by atomic mass is 10.1. The summed E-state index contributed by atoms with van der Waals surface area (Å²) in [5.74, 6) is 0.595. The lowest BCUT2D eigenvalue weighted by Gasteiger charge is -2.07. The molecule has 2 rings (SSSR count). The molecule has 0 unspecified atom stereocenters. The Morgan fingerprint density at radius 3 is 2.95 bits per heavy atom. The van der Waals surface area contributed by atoms with E-state index in [4.69, 9.17) is 22.5 Å². The molecule has 0 aliphatic heterocycles. The summed E-state index contributed by atoms with van der Waals surface area (Å²) in [7, 11) is 0. The van der Waals surface area contributed by atoms with E-state index in [9.17, 15) is 0 Å². The second-order valence-corrected chi connectivity index (χ2v) is 4.15. The Balaban J connectivity index is 1.97. The summed E-state index contributed by atoms with van der Waals surface area (Å²) in [6, 6.07) is 5.17. The zero-order chi connectivity index (χ0) is 13.7. The number of oxime groups is 1. The van der Waals surface area contributed by atoms with Gasteiger partial charge < -0.3 is 20.8 Å². The summed E-state index contributed by atoms with van der Waals surface area (Å²) >= 11 is 6.11. The van der Waals surface area contributed by atoms with Gasteiger partial charge in [0.25, 0.3) is 0 Å². The Hall–Kier alpha value is -2.12. The third-order valence-electron chi connectivity index (χ3n) is 2.46. The number of benzene rings is 1. The van der Waals surface area contributed by atoms with Crippen LogP contribution in [0.4, 0.5) is 0 Å². The first-order valence-corrected chi connectivity index (χ1v) is 5.81. The normalized spacial score (nSPS) is 11.7. The zero-order valence-electron chi connectivity index (χ0n) is 9.88. The van der Waals surface area contributed by atoms with Gasteiger partial charge >= 0.3 is 0 Å². The lowest BCUT2D eigenvalue weighted by Crippen LogP contribution is -2.15. The fourth-order valence-electron chi connectivity index (χ4n) is 1.49. The van der Waals surface area contributed by atoms with Gasteiger partial charge in [-0.2, -0.15) is 4.98 Å². The molecule has 7 nitrogen and oxygen atoms in total. The van der Waals surface area contributed by atoms with Gasteiger partial charge in [0.15, 0.2) is 11.7 Å². The van der Waals surface area contributed by atoms with Crippen LogP contribution < -0.4 is 11.1 Å². The van der Waals surface area contributed by atoms with Crippen LogP contribution in [0.2, 0.25) is 5.02 Å². The molecule has 0 fully saturated rings. The van der Waals surface area contributed by atoms with E-state index in [1.807, 2.05) is 0 Å². The minimum atomic E-state index is 0.0215. The number of hydrogen-bond acceptors (Lipinski definition) is 6. The van der Waals surface area contributed by atoms with Gasteiger partial charge in [0.2, 0.25) is 6.39 Å². The Bertz CT molecular complexity index is 570. The lowest BCUT2D eigenvalue weighted by molar-refractivity contribution is 0.318. The van der Waals surface area contributed by atoms with Gasteiger partial charge in [-0.25, -0.2) is 0 Å². The van der Waals surface area contributed by atoms with Crippen molar-refractivity contribution in [3.8, 4) is 0 Å². The van der Waals surface area contributed by atoms with Crippen molar-refractivity contribution in [3.05, 3.63) is 46.6 Å². The van der Waals surface area contributed by atoms with Gasteiger partial charge in [0.1, 0.15) is 0 Å². The average molecular weight is 282 g/mol. The number of aromatic nitrogens is 2. The topological polar surface area (TPSA) is 110 Å². The highest BCUT2D eigenvalue weighted by atomic mass is 35.5. The van der Waals surface area contributed by atoms with Crippen LogP contribution in [0.15, 0.2) is 34.3 Å². The number of hydrogen-bond donors (Lipinski definition) is 3. The standard InChI is InChI=1S/C11H12ClN5O2/c12-9-3-7(11(13)16-18)1-2-8(9)4-14-5-10-15-6-19-17-10/h1-3,6,14,18H,4-5H2,(H2,13,16). The maximum Gasteiger partial charge on any atom is 0.213 e. The summed E-state index contributed by atoms with van der Waals surface area (Å²) in [6.07, 6.45) is 1.27. The molecule has 0 saturated heterocycles. The zero-order valence-corrected chi connectivity index (χ0v) is 10.6. The quantitative estimate of drug-likeness (QED) is 0.328. The van der Waals surface area contributed by atoms with Gasteiger partial charge in [-0.3, -0.25) is 0 Å². The molecule has 0 aliphatic rings. The Morgan fingerprint density at radius 1 is 1.47 bits per heavy atom.